The van der Waals surface area contributed by atoms with Gasteiger partial charge < -0.3 is 14.5 Å². The number of para-hydroxylation sites is 1. The molecule has 1 aliphatic rings. The molecule has 0 saturated carbocycles. The highest BCUT2D eigenvalue weighted by Crippen LogP contribution is 2.35. The molecular formula is C31H24BrN5O4S2. The van der Waals surface area contributed by atoms with Crippen LogP contribution in [0.4, 0.5) is 5.69 Å². The molecule has 0 unspecified atom stereocenters. The molecule has 1 aliphatic heterocycles. The minimum Gasteiger partial charge on any atom is -0.497 e. The van der Waals surface area contributed by atoms with Gasteiger partial charge in [0.2, 0.25) is 0 Å². The fourth-order valence-corrected chi connectivity index (χ4v) is 7.00. The highest BCUT2D eigenvalue weighted by atomic mass is 79.9. The number of aromatic nitrogens is 3. The minimum atomic E-state index is -0.731. The molecule has 216 valence electrons. The van der Waals surface area contributed by atoms with E-state index in [2.05, 4.69) is 31.2 Å². The topological polar surface area (TPSA) is 112 Å². The molecule has 12 heteroatoms. The van der Waals surface area contributed by atoms with Crippen molar-refractivity contribution in [3.63, 3.8) is 0 Å². The lowest BCUT2D eigenvalue weighted by atomic mass is 9.95. The van der Waals surface area contributed by atoms with E-state index in [4.69, 9.17) is 14.1 Å². The smallest absolute Gasteiger partial charge is 0.271 e. The molecule has 1 amide bonds. The average Bonchev–Trinajstić information content (AvgIpc) is 3.49. The Balaban J connectivity index is 1.44. The number of allylic oxidation sites excluding steroid dienone is 1. The third-order valence-corrected chi connectivity index (χ3v) is 9.31. The van der Waals surface area contributed by atoms with E-state index in [0.29, 0.717) is 52.5 Å². The van der Waals surface area contributed by atoms with Crippen molar-refractivity contribution in [1.29, 1.82) is 0 Å². The lowest BCUT2D eigenvalue weighted by Gasteiger charge is -2.25. The van der Waals surface area contributed by atoms with Crippen LogP contribution in [0, 0.1) is 6.92 Å². The zero-order chi connectivity index (χ0) is 30.1. The second-order valence-electron chi connectivity index (χ2n) is 9.55. The van der Waals surface area contributed by atoms with Gasteiger partial charge in [-0.05, 0) is 83.5 Å². The van der Waals surface area contributed by atoms with E-state index in [1.165, 1.54) is 23.1 Å². The third-order valence-electron chi connectivity index (χ3n) is 6.61. The first-order valence-corrected chi connectivity index (χ1v) is 15.5. The van der Waals surface area contributed by atoms with E-state index in [1.54, 1.807) is 36.9 Å². The van der Waals surface area contributed by atoms with Crippen LogP contribution in [0.15, 0.2) is 113 Å². The Kier molecular flexibility index (Phi) is 8.15. The molecule has 0 bridgehead atoms. The Hall–Kier alpha value is -4.26. The summed E-state index contributed by atoms with van der Waals surface area (Å²) in [5.74, 6) is 0.743. The van der Waals surface area contributed by atoms with Gasteiger partial charge in [-0.3, -0.25) is 14.2 Å². The van der Waals surface area contributed by atoms with Gasteiger partial charge in [-0.1, -0.05) is 41.7 Å². The van der Waals surface area contributed by atoms with Crippen molar-refractivity contribution >= 4 is 56.7 Å². The lowest BCUT2D eigenvalue weighted by molar-refractivity contribution is -0.113. The Morgan fingerprint density at radius 3 is 2.72 bits per heavy atom. The average molecular weight is 675 g/mol. The molecule has 1 N–H and O–H groups in total. The van der Waals surface area contributed by atoms with Crippen LogP contribution in [0.1, 0.15) is 30.0 Å². The van der Waals surface area contributed by atoms with Crippen molar-refractivity contribution in [2.24, 2.45) is 4.99 Å². The van der Waals surface area contributed by atoms with Crippen LogP contribution in [0.2, 0.25) is 0 Å². The number of nitrogens with zero attached hydrogens (tertiary/aromatic N) is 4. The van der Waals surface area contributed by atoms with Gasteiger partial charge in [0.25, 0.3) is 11.5 Å². The maximum Gasteiger partial charge on any atom is 0.271 e. The fourth-order valence-electron chi connectivity index (χ4n) is 4.66. The van der Waals surface area contributed by atoms with Crippen molar-refractivity contribution in [1.82, 2.24) is 14.5 Å². The van der Waals surface area contributed by atoms with Gasteiger partial charge in [0.15, 0.2) is 15.1 Å². The molecule has 0 aliphatic carbocycles. The zero-order valence-electron chi connectivity index (χ0n) is 23.2. The van der Waals surface area contributed by atoms with Gasteiger partial charge in [0.1, 0.15) is 11.5 Å². The minimum absolute atomic E-state index is 0.294. The summed E-state index contributed by atoms with van der Waals surface area (Å²) in [6.07, 6.45) is 3.37. The number of furan rings is 1. The molecule has 0 radical (unpaired) electrons. The molecule has 6 rings (SSSR count). The Labute approximate surface area is 262 Å². The van der Waals surface area contributed by atoms with E-state index in [-0.39, 0.29) is 11.5 Å². The highest BCUT2D eigenvalue weighted by Gasteiger charge is 2.33. The predicted molar refractivity (Wildman–Crippen MR) is 169 cm³/mol. The first-order chi connectivity index (χ1) is 20.8. The molecule has 43 heavy (non-hydrogen) atoms. The molecule has 0 saturated heterocycles. The fraction of sp³-hybridized carbons (Fsp3) is 0.129. The van der Waals surface area contributed by atoms with Crippen LogP contribution in [-0.4, -0.2) is 27.6 Å². The molecule has 3 aromatic heterocycles. The van der Waals surface area contributed by atoms with Gasteiger partial charge in [-0.2, -0.15) is 0 Å². The second kappa shape index (κ2) is 12.2. The molecular weight excluding hydrogens is 650 g/mol. The van der Waals surface area contributed by atoms with Gasteiger partial charge in [0, 0.05) is 23.7 Å². The summed E-state index contributed by atoms with van der Waals surface area (Å²) >= 11 is 6.05. The number of halogens is 1. The number of amides is 1. The number of anilines is 1. The first kappa shape index (κ1) is 28.8. The maximum absolute atomic E-state index is 14.0. The quantitative estimate of drug-likeness (QED) is 0.228. The Bertz CT molecular complexity index is 2070. The number of benzene rings is 2. The first-order valence-electron chi connectivity index (χ1n) is 13.1. The van der Waals surface area contributed by atoms with E-state index in [1.807, 2.05) is 67.6 Å². The van der Waals surface area contributed by atoms with Gasteiger partial charge in [-0.25, -0.2) is 15.0 Å². The number of fused-ring (bicyclic) bond motifs is 1. The summed E-state index contributed by atoms with van der Waals surface area (Å²) in [5.41, 5.74) is 2.80. The lowest BCUT2D eigenvalue weighted by Crippen LogP contribution is -2.40. The van der Waals surface area contributed by atoms with E-state index in [9.17, 15) is 9.59 Å². The number of rotatable bonds is 7. The molecule has 9 nitrogen and oxygen atoms in total. The van der Waals surface area contributed by atoms with E-state index >= 15 is 0 Å². The summed E-state index contributed by atoms with van der Waals surface area (Å²) < 4.78 is 14.2. The van der Waals surface area contributed by atoms with Crippen molar-refractivity contribution in [2.75, 3.05) is 12.4 Å². The summed E-state index contributed by atoms with van der Waals surface area (Å²) in [6, 6.07) is 19.4. The monoisotopic (exact) mass is 673 g/mol. The Morgan fingerprint density at radius 2 is 1.95 bits per heavy atom. The number of ether oxygens (including phenoxy) is 1. The van der Waals surface area contributed by atoms with Crippen LogP contribution in [0.25, 0.3) is 6.08 Å². The molecule has 1 atom stereocenters. The van der Waals surface area contributed by atoms with Gasteiger partial charge in [-0.15, -0.1) is 0 Å². The van der Waals surface area contributed by atoms with E-state index in [0.717, 1.165) is 11.3 Å². The van der Waals surface area contributed by atoms with Crippen molar-refractivity contribution in [2.45, 2.75) is 30.1 Å². The summed E-state index contributed by atoms with van der Waals surface area (Å²) in [5, 5.41) is 4.08. The standard InChI is InChI=1S/C31H24BrN5O4S2/c1-17-12-13-33-30(34-17)43-29-23(32)15-22(41-29)16-24-28(39)37-26(19-8-7-11-21(14-19)40-3)25(18(2)35-31(37)42-24)27(38)36-20-9-5-4-6-10-20/h4-16,26H,1-3H3,(H,36,38)/b24-16+/t26-/m1/s1. The molecule has 2 aromatic carbocycles. The van der Waals surface area contributed by atoms with Crippen molar-refractivity contribution < 1.29 is 13.9 Å². The Morgan fingerprint density at radius 1 is 1.14 bits per heavy atom. The van der Waals surface area contributed by atoms with E-state index < -0.39 is 6.04 Å². The normalized spacial score (nSPS) is 14.8. The van der Waals surface area contributed by atoms with Crippen molar-refractivity contribution in [3.8, 4) is 5.75 Å². The number of hydrogen-bond donors (Lipinski definition) is 1. The molecule has 0 fully saturated rings. The van der Waals surface area contributed by atoms with Crippen molar-refractivity contribution in [3.05, 3.63) is 125 Å². The maximum atomic E-state index is 14.0. The number of aryl methyl sites for hydroxylation is 1. The second-order valence-corrected chi connectivity index (χ2v) is 12.3. The van der Waals surface area contributed by atoms with Crippen LogP contribution in [-0.2, 0) is 4.79 Å². The third kappa shape index (κ3) is 5.99. The highest BCUT2D eigenvalue weighted by molar-refractivity contribution is 9.10. The number of methoxy groups -OCH3 is 1. The largest absolute Gasteiger partial charge is 0.497 e. The number of thiazole rings is 1. The van der Waals surface area contributed by atoms with Gasteiger partial charge >= 0.3 is 0 Å². The molecule has 0 spiro atoms. The van der Waals surface area contributed by atoms with Crippen LogP contribution in [0.5, 0.6) is 5.75 Å². The molecule has 4 heterocycles. The SMILES string of the molecule is COc1cccc([C@@H]2C(C(=O)Nc3ccccc3)=C(C)N=c3s/c(=C/c4cc(Br)c(Sc5nccc(C)n5)o4)c(=O)n32)c1. The predicted octanol–water partition coefficient (Wildman–Crippen LogP) is 5.49. The van der Waals surface area contributed by atoms with Crippen LogP contribution >= 0.6 is 39.0 Å². The number of carbonyl (C=O) groups excluding carboxylic acids is 1. The summed E-state index contributed by atoms with van der Waals surface area (Å²) in [7, 11) is 1.58. The van der Waals surface area contributed by atoms with Crippen LogP contribution < -0.4 is 24.9 Å². The number of carbonyl (C=O) groups is 1. The van der Waals surface area contributed by atoms with Gasteiger partial charge in [0.05, 0.1) is 33.4 Å². The molecule has 5 aromatic rings. The zero-order valence-corrected chi connectivity index (χ0v) is 26.4. The van der Waals surface area contributed by atoms with Crippen LogP contribution in [0.3, 0.4) is 0 Å². The number of hydrogen-bond acceptors (Lipinski definition) is 9. The number of nitrogens with one attached hydrogen (secondary N) is 1. The summed E-state index contributed by atoms with van der Waals surface area (Å²) in [4.78, 5) is 41.6. The summed E-state index contributed by atoms with van der Waals surface area (Å²) in [6.45, 7) is 3.68.